The van der Waals surface area contributed by atoms with E-state index in [-0.39, 0.29) is 17.9 Å². The molecule has 0 spiro atoms. The molecule has 0 aliphatic heterocycles. The van der Waals surface area contributed by atoms with Gasteiger partial charge in [-0.25, -0.2) is 4.98 Å². The number of aryl methyl sites for hydroxylation is 2. The van der Waals surface area contributed by atoms with E-state index in [0.717, 1.165) is 10.6 Å². The second-order valence-electron chi connectivity index (χ2n) is 7.20. The van der Waals surface area contributed by atoms with Crippen LogP contribution >= 0.6 is 34.7 Å². The molecule has 0 aliphatic carbocycles. The molecule has 3 aromatic rings. The van der Waals surface area contributed by atoms with Crippen molar-refractivity contribution in [3.63, 3.8) is 0 Å². The Kier molecular flexibility index (Phi) is 7.91. The van der Waals surface area contributed by atoms with Crippen molar-refractivity contribution in [2.75, 3.05) is 5.32 Å². The third-order valence-electron chi connectivity index (χ3n) is 4.81. The van der Waals surface area contributed by atoms with Crippen LogP contribution in [0.5, 0.6) is 0 Å². The Bertz CT molecular complexity index is 1090. The quantitative estimate of drug-likeness (QED) is 0.444. The van der Waals surface area contributed by atoms with Crippen molar-refractivity contribution < 1.29 is 9.59 Å². The van der Waals surface area contributed by atoms with Gasteiger partial charge in [-0.05, 0) is 58.9 Å². The zero-order valence-corrected chi connectivity index (χ0v) is 20.9. The molecule has 8 nitrogen and oxygen atoms in total. The van der Waals surface area contributed by atoms with E-state index in [1.165, 1.54) is 23.1 Å². The first-order valence-corrected chi connectivity index (χ1v) is 12.2. The van der Waals surface area contributed by atoms with E-state index in [4.69, 9.17) is 11.6 Å². The van der Waals surface area contributed by atoms with Crippen molar-refractivity contribution in [2.45, 2.75) is 57.6 Å². The normalized spacial score (nSPS) is 12.9. The molecule has 11 heteroatoms. The first-order valence-electron chi connectivity index (χ1n) is 10.1. The summed E-state index contributed by atoms with van der Waals surface area (Å²) in [7, 11) is 0. The van der Waals surface area contributed by atoms with Crippen molar-refractivity contribution in [2.24, 2.45) is 0 Å². The number of nitrogens with zero attached hydrogens (tertiary/aromatic N) is 4. The molecule has 32 heavy (non-hydrogen) atoms. The molecule has 2 amide bonds. The monoisotopic (exact) mass is 492 g/mol. The Balaban J connectivity index is 1.67. The lowest BCUT2D eigenvalue weighted by Gasteiger charge is -2.16. The van der Waals surface area contributed by atoms with Gasteiger partial charge < -0.3 is 15.2 Å². The van der Waals surface area contributed by atoms with Crippen molar-refractivity contribution in [1.82, 2.24) is 25.1 Å². The van der Waals surface area contributed by atoms with E-state index >= 15 is 0 Å². The molecule has 0 saturated heterocycles. The van der Waals surface area contributed by atoms with Crippen molar-refractivity contribution >= 4 is 51.6 Å². The fourth-order valence-electron chi connectivity index (χ4n) is 2.90. The Morgan fingerprint density at radius 3 is 2.47 bits per heavy atom. The first-order chi connectivity index (χ1) is 15.2. The number of thiazole rings is 1. The molecule has 1 aromatic carbocycles. The molecule has 2 N–H and O–H groups in total. The van der Waals surface area contributed by atoms with E-state index in [9.17, 15) is 9.59 Å². The van der Waals surface area contributed by atoms with Gasteiger partial charge in [0.1, 0.15) is 0 Å². The zero-order valence-electron chi connectivity index (χ0n) is 18.5. The lowest BCUT2D eigenvalue weighted by atomic mass is 10.2. The molecule has 170 valence electrons. The van der Waals surface area contributed by atoms with Crippen LogP contribution < -0.4 is 10.6 Å². The third kappa shape index (κ3) is 5.67. The Morgan fingerprint density at radius 2 is 1.88 bits per heavy atom. The number of benzene rings is 1. The largest absolute Gasteiger partial charge is 0.342 e. The summed E-state index contributed by atoms with van der Waals surface area (Å²) < 4.78 is 1.90. The number of carbonyl (C=O) groups is 2. The van der Waals surface area contributed by atoms with Gasteiger partial charge in [-0.2, -0.15) is 0 Å². The molecule has 0 aliphatic rings. The van der Waals surface area contributed by atoms with Gasteiger partial charge in [0.25, 0.3) is 5.91 Å². The van der Waals surface area contributed by atoms with Gasteiger partial charge in [0, 0.05) is 22.0 Å². The van der Waals surface area contributed by atoms with Crippen LogP contribution in [-0.4, -0.2) is 36.8 Å². The molecular weight excluding hydrogens is 468 g/mol. The number of anilines is 1. The van der Waals surface area contributed by atoms with Gasteiger partial charge in [0.2, 0.25) is 5.91 Å². The summed E-state index contributed by atoms with van der Waals surface area (Å²) in [4.78, 5) is 30.6. The van der Waals surface area contributed by atoms with E-state index in [2.05, 4.69) is 25.8 Å². The maximum absolute atomic E-state index is 12.6. The number of halogens is 1. The predicted molar refractivity (Wildman–Crippen MR) is 129 cm³/mol. The topological polar surface area (TPSA) is 102 Å². The third-order valence-corrected chi connectivity index (χ3v) is 7.13. The van der Waals surface area contributed by atoms with Gasteiger partial charge in [-0.1, -0.05) is 23.4 Å². The van der Waals surface area contributed by atoms with Gasteiger partial charge >= 0.3 is 0 Å². The summed E-state index contributed by atoms with van der Waals surface area (Å²) in [6, 6.07) is 6.31. The molecule has 2 atom stereocenters. The standard InChI is InChI=1S/C21H25ClN6O2S2/c1-6-28-17(12(3)23-19(30)15-7-9-16(22)10-8-15)26-27-21(28)32-14(5)18(29)25-20-24-11(2)13(4)31-20/h7-10,12,14H,6H2,1-5H3,(H,23,30)(H,24,25,29)/t12-,14-/m0/s1. The van der Waals surface area contributed by atoms with Crippen LogP contribution in [0, 0.1) is 13.8 Å². The minimum atomic E-state index is -0.402. The predicted octanol–water partition coefficient (Wildman–Crippen LogP) is 4.64. The summed E-state index contributed by atoms with van der Waals surface area (Å²) in [5, 5.41) is 15.7. The van der Waals surface area contributed by atoms with Gasteiger partial charge in [0.05, 0.1) is 17.0 Å². The lowest BCUT2D eigenvalue weighted by molar-refractivity contribution is -0.115. The number of carbonyl (C=O) groups excluding carboxylic acids is 2. The maximum atomic E-state index is 12.6. The van der Waals surface area contributed by atoms with Gasteiger partial charge in [-0.15, -0.1) is 21.5 Å². The van der Waals surface area contributed by atoms with Crippen LogP contribution in [-0.2, 0) is 11.3 Å². The van der Waals surface area contributed by atoms with Crippen molar-refractivity contribution in [3.05, 3.63) is 51.2 Å². The molecule has 0 fully saturated rings. The fraction of sp³-hybridized carbons (Fsp3) is 0.381. The average molecular weight is 493 g/mol. The Hall–Kier alpha value is -2.43. The molecule has 3 rings (SSSR count). The van der Waals surface area contributed by atoms with Gasteiger partial charge in [-0.3, -0.25) is 9.59 Å². The summed E-state index contributed by atoms with van der Waals surface area (Å²) in [6.07, 6.45) is 0. The highest BCUT2D eigenvalue weighted by Gasteiger charge is 2.23. The first kappa shape index (κ1) is 24.2. The van der Waals surface area contributed by atoms with E-state index in [0.29, 0.717) is 33.2 Å². The number of aromatic nitrogens is 4. The molecule has 0 bridgehead atoms. The summed E-state index contributed by atoms with van der Waals surface area (Å²) >= 11 is 8.66. The summed E-state index contributed by atoms with van der Waals surface area (Å²) in [5.74, 6) is 0.243. The van der Waals surface area contributed by atoms with Crippen molar-refractivity contribution in [1.29, 1.82) is 0 Å². The number of rotatable bonds is 8. The summed E-state index contributed by atoms with van der Waals surface area (Å²) in [5.41, 5.74) is 1.42. The average Bonchev–Trinajstić information content (AvgIpc) is 3.30. The van der Waals surface area contributed by atoms with E-state index < -0.39 is 5.25 Å². The second-order valence-corrected chi connectivity index (χ2v) is 10.1. The number of nitrogens with one attached hydrogen (secondary N) is 2. The van der Waals surface area contributed by atoms with Crippen LogP contribution in [0.4, 0.5) is 5.13 Å². The smallest absolute Gasteiger partial charge is 0.251 e. The van der Waals surface area contributed by atoms with Crippen molar-refractivity contribution in [3.8, 4) is 0 Å². The van der Waals surface area contributed by atoms with E-state index in [1.807, 2.05) is 39.2 Å². The molecule has 0 saturated carbocycles. The number of amides is 2. The summed E-state index contributed by atoms with van der Waals surface area (Å²) in [6.45, 7) is 10.1. The zero-order chi connectivity index (χ0) is 23.4. The molecule has 0 unspecified atom stereocenters. The minimum Gasteiger partial charge on any atom is -0.342 e. The maximum Gasteiger partial charge on any atom is 0.251 e. The minimum absolute atomic E-state index is 0.153. The van der Waals surface area contributed by atoms with Gasteiger partial charge in [0.15, 0.2) is 16.1 Å². The Labute approximate surface area is 200 Å². The van der Waals surface area contributed by atoms with E-state index in [1.54, 1.807) is 24.3 Å². The number of hydrogen-bond acceptors (Lipinski definition) is 7. The molecule has 2 aromatic heterocycles. The lowest BCUT2D eigenvalue weighted by Crippen LogP contribution is -2.29. The van der Waals surface area contributed by atoms with Crippen LogP contribution in [0.25, 0.3) is 0 Å². The van der Waals surface area contributed by atoms with Crippen LogP contribution in [0.3, 0.4) is 0 Å². The number of thioether (sulfide) groups is 1. The highest BCUT2D eigenvalue weighted by molar-refractivity contribution is 8.00. The van der Waals surface area contributed by atoms with Crippen LogP contribution in [0.15, 0.2) is 29.4 Å². The SMILES string of the molecule is CCn1c(S[C@@H](C)C(=O)Nc2nc(C)c(C)s2)nnc1[C@H](C)NC(=O)c1ccc(Cl)cc1. The number of hydrogen-bond donors (Lipinski definition) is 2. The highest BCUT2D eigenvalue weighted by Crippen LogP contribution is 2.27. The second kappa shape index (κ2) is 10.5. The fourth-order valence-corrected chi connectivity index (χ4v) is 4.76. The highest BCUT2D eigenvalue weighted by atomic mass is 35.5. The molecular formula is C21H25ClN6O2S2. The van der Waals surface area contributed by atoms with Crippen LogP contribution in [0.1, 0.15) is 53.6 Å². The van der Waals surface area contributed by atoms with Crippen LogP contribution in [0.2, 0.25) is 5.02 Å². The molecule has 0 radical (unpaired) electrons. The molecule has 2 heterocycles. The Morgan fingerprint density at radius 1 is 1.19 bits per heavy atom.